The van der Waals surface area contributed by atoms with Gasteiger partial charge in [-0.25, -0.2) is 19.9 Å². The van der Waals surface area contributed by atoms with E-state index in [4.69, 9.17) is 0 Å². The highest BCUT2D eigenvalue weighted by Crippen LogP contribution is 2.29. The second-order valence-electron chi connectivity index (χ2n) is 9.30. The average molecular weight is 626 g/mol. The van der Waals surface area contributed by atoms with E-state index in [1.54, 1.807) is 12.4 Å². The molecule has 198 valence electrons. The zero-order valence-corrected chi connectivity index (χ0v) is 24.5. The Morgan fingerprint density at radius 2 is 1.31 bits per heavy atom. The molecule has 0 radical (unpaired) electrons. The van der Waals surface area contributed by atoms with Crippen LogP contribution >= 0.6 is 31.9 Å². The first kappa shape index (κ1) is 28.9. The molecule has 0 bridgehead atoms. The van der Waals surface area contributed by atoms with Crippen LogP contribution in [-0.4, -0.2) is 56.5 Å². The Balaban J connectivity index is 0.000000201. The van der Waals surface area contributed by atoms with E-state index in [2.05, 4.69) is 75.4 Å². The first-order valence-electron chi connectivity index (χ1n) is 13.2. The maximum Gasteiger partial charge on any atom is 0.172 e. The Morgan fingerprint density at radius 3 is 1.78 bits per heavy atom. The van der Waals surface area contributed by atoms with Crippen LogP contribution in [0.2, 0.25) is 0 Å². The number of carbonyl (C=O) groups excluding carboxylic acids is 1. The van der Waals surface area contributed by atoms with E-state index < -0.39 is 0 Å². The van der Waals surface area contributed by atoms with Crippen LogP contribution in [0.25, 0.3) is 0 Å². The molecule has 2 heterocycles. The van der Waals surface area contributed by atoms with Crippen molar-refractivity contribution < 1.29 is 9.90 Å². The number of hydrogen-bond donors (Lipinski definition) is 1. The smallest absolute Gasteiger partial charge is 0.172 e. The standard InChI is InChI=1S/C13H20BrN3O.C13H18BrN3O/c2*1-2-17(10-6-4-3-5-7-10)13-11(9-18)16-12(14)8-15-13/h8,10,18H,2-7,9H2,1H3;8-10H,2-7H2,1H3. The molecule has 36 heavy (non-hydrogen) atoms. The maximum absolute atomic E-state index is 11.1. The van der Waals surface area contributed by atoms with E-state index in [-0.39, 0.29) is 6.61 Å². The Morgan fingerprint density at radius 1 is 0.833 bits per heavy atom. The summed E-state index contributed by atoms with van der Waals surface area (Å²) in [4.78, 5) is 33.0. The molecule has 4 rings (SSSR count). The highest BCUT2D eigenvalue weighted by molar-refractivity contribution is 9.10. The van der Waals surface area contributed by atoms with Gasteiger partial charge in [0.05, 0.1) is 19.0 Å². The first-order chi connectivity index (χ1) is 17.5. The van der Waals surface area contributed by atoms with Crippen molar-refractivity contribution in [3.8, 4) is 0 Å². The summed E-state index contributed by atoms with van der Waals surface area (Å²) >= 11 is 6.55. The fourth-order valence-corrected chi connectivity index (χ4v) is 5.97. The largest absolute Gasteiger partial charge is 0.390 e. The van der Waals surface area contributed by atoms with Gasteiger partial charge in [-0.3, -0.25) is 4.79 Å². The first-order valence-corrected chi connectivity index (χ1v) is 14.7. The number of carbonyl (C=O) groups is 1. The Hall–Kier alpha value is -1.65. The number of aliphatic hydroxyl groups excluding tert-OH is 1. The van der Waals surface area contributed by atoms with Crippen molar-refractivity contribution in [2.75, 3.05) is 22.9 Å². The Kier molecular flexibility index (Phi) is 12.0. The summed E-state index contributed by atoms with van der Waals surface area (Å²) in [5.74, 6) is 1.57. The number of rotatable bonds is 8. The summed E-state index contributed by atoms with van der Waals surface area (Å²) in [5, 5.41) is 9.44. The van der Waals surface area contributed by atoms with Crippen LogP contribution in [0.5, 0.6) is 0 Å². The molecule has 2 fully saturated rings. The average Bonchev–Trinajstić information content (AvgIpc) is 2.92. The minimum atomic E-state index is -0.0645. The quantitative estimate of drug-likeness (QED) is 0.352. The van der Waals surface area contributed by atoms with Crippen LogP contribution in [0.15, 0.2) is 21.6 Å². The van der Waals surface area contributed by atoms with Crippen molar-refractivity contribution in [3.05, 3.63) is 33.0 Å². The van der Waals surface area contributed by atoms with Gasteiger partial charge < -0.3 is 14.9 Å². The van der Waals surface area contributed by atoms with Gasteiger partial charge in [0.25, 0.3) is 0 Å². The number of nitrogens with zero attached hydrogens (tertiary/aromatic N) is 6. The highest BCUT2D eigenvalue weighted by atomic mass is 79.9. The molecule has 8 nitrogen and oxygen atoms in total. The third-order valence-electron chi connectivity index (χ3n) is 7.06. The molecule has 0 amide bonds. The number of aliphatic hydroxyl groups is 1. The molecule has 1 N–H and O–H groups in total. The molecular weight excluding hydrogens is 588 g/mol. The molecule has 2 aromatic heterocycles. The zero-order chi connectivity index (χ0) is 25.9. The van der Waals surface area contributed by atoms with Gasteiger partial charge in [-0.1, -0.05) is 38.5 Å². The number of halogens is 2. The van der Waals surface area contributed by atoms with E-state index >= 15 is 0 Å². The fourth-order valence-electron chi connectivity index (χ4n) is 5.36. The molecule has 0 unspecified atom stereocenters. The van der Waals surface area contributed by atoms with E-state index in [1.807, 2.05) is 0 Å². The minimum absolute atomic E-state index is 0.0645. The predicted molar refractivity (Wildman–Crippen MR) is 151 cm³/mol. The molecule has 0 aromatic carbocycles. The second-order valence-corrected chi connectivity index (χ2v) is 10.9. The van der Waals surface area contributed by atoms with Crippen LogP contribution in [-0.2, 0) is 6.61 Å². The Labute approximate surface area is 231 Å². The lowest BCUT2D eigenvalue weighted by Gasteiger charge is -2.35. The topological polar surface area (TPSA) is 95.3 Å². The number of hydrogen-bond acceptors (Lipinski definition) is 8. The maximum atomic E-state index is 11.1. The molecule has 2 aliphatic carbocycles. The lowest BCUT2D eigenvalue weighted by Crippen LogP contribution is -2.38. The van der Waals surface area contributed by atoms with Gasteiger partial charge in [-0.05, 0) is 71.4 Å². The third-order valence-corrected chi connectivity index (χ3v) is 7.82. The fraction of sp³-hybridized carbons (Fsp3) is 0.654. The van der Waals surface area contributed by atoms with Crippen molar-refractivity contribution in [2.45, 2.75) is 96.7 Å². The van der Waals surface area contributed by atoms with Gasteiger partial charge in [-0.2, -0.15) is 0 Å². The van der Waals surface area contributed by atoms with Crippen LogP contribution in [0, 0.1) is 0 Å². The molecule has 0 aliphatic heterocycles. The van der Waals surface area contributed by atoms with Crippen LogP contribution in [0.1, 0.15) is 94.2 Å². The SMILES string of the molecule is CCN(c1ncc(Br)nc1C=O)C1CCCCC1.CCN(c1ncc(Br)nc1CO)C1CCCCC1. The van der Waals surface area contributed by atoms with Crippen LogP contribution in [0.4, 0.5) is 11.6 Å². The van der Waals surface area contributed by atoms with Gasteiger partial charge >= 0.3 is 0 Å². The molecular formula is C26H38Br2N6O2. The zero-order valence-electron chi connectivity index (χ0n) is 21.4. The molecule has 0 spiro atoms. The molecule has 2 saturated carbocycles. The highest BCUT2D eigenvalue weighted by Gasteiger charge is 2.24. The number of aldehydes is 1. The van der Waals surface area contributed by atoms with Crippen molar-refractivity contribution in [3.63, 3.8) is 0 Å². The van der Waals surface area contributed by atoms with Crippen molar-refractivity contribution >= 4 is 49.8 Å². The van der Waals surface area contributed by atoms with Gasteiger partial charge in [0, 0.05) is 25.2 Å². The van der Waals surface area contributed by atoms with E-state index in [0.717, 1.165) is 31.0 Å². The second kappa shape index (κ2) is 14.9. The molecule has 0 saturated heterocycles. The minimum Gasteiger partial charge on any atom is -0.390 e. The summed E-state index contributed by atoms with van der Waals surface area (Å²) < 4.78 is 1.28. The van der Waals surface area contributed by atoms with Crippen molar-refractivity contribution in [2.24, 2.45) is 0 Å². The van der Waals surface area contributed by atoms with Gasteiger partial charge in [0.2, 0.25) is 0 Å². The third kappa shape index (κ3) is 7.68. The van der Waals surface area contributed by atoms with Gasteiger partial charge in [0.15, 0.2) is 17.9 Å². The van der Waals surface area contributed by atoms with E-state index in [9.17, 15) is 9.90 Å². The van der Waals surface area contributed by atoms with Crippen molar-refractivity contribution in [1.29, 1.82) is 0 Å². The lowest BCUT2D eigenvalue weighted by atomic mass is 9.94. The molecule has 0 atom stereocenters. The molecule has 2 aliphatic rings. The number of anilines is 2. The van der Waals surface area contributed by atoms with Crippen molar-refractivity contribution in [1.82, 2.24) is 19.9 Å². The summed E-state index contributed by atoms with van der Waals surface area (Å²) in [7, 11) is 0. The summed E-state index contributed by atoms with van der Waals surface area (Å²) in [5.41, 5.74) is 1.09. The van der Waals surface area contributed by atoms with E-state index in [0.29, 0.717) is 32.7 Å². The normalized spacial score (nSPS) is 16.7. The Bertz CT molecular complexity index is 967. The molecule has 2 aromatic rings. The molecule has 10 heteroatoms. The van der Waals surface area contributed by atoms with Gasteiger partial charge in [0.1, 0.15) is 20.6 Å². The van der Waals surface area contributed by atoms with Crippen LogP contribution in [0.3, 0.4) is 0 Å². The lowest BCUT2D eigenvalue weighted by molar-refractivity contribution is 0.111. The monoisotopic (exact) mass is 624 g/mol. The predicted octanol–water partition coefficient (Wildman–Crippen LogP) is 6.10. The van der Waals surface area contributed by atoms with Gasteiger partial charge in [-0.15, -0.1) is 0 Å². The van der Waals surface area contributed by atoms with E-state index in [1.165, 1.54) is 64.2 Å². The summed E-state index contributed by atoms with van der Waals surface area (Å²) in [6, 6.07) is 1.04. The summed E-state index contributed by atoms with van der Waals surface area (Å²) in [6.07, 6.45) is 16.7. The summed E-state index contributed by atoms with van der Waals surface area (Å²) in [6.45, 7) is 5.95. The number of aromatic nitrogens is 4. The van der Waals surface area contributed by atoms with Crippen LogP contribution < -0.4 is 9.80 Å².